The van der Waals surface area contributed by atoms with E-state index < -0.39 is 36.3 Å². The van der Waals surface area contributed by atoms with E-state index in [1.807, 2.05) is 0 Å². The number of ether oxygens (including phenoxy) is 1. The molecule has 0 amide bonds. The van der Waals surface area contributed by atoms with Gasteiger partial charge in [0.1, 0.15) is 0 Å². The van der Waals surface area contributed by atoms with Gasteiger partial charge < -0.3 is 9.84 Å². The first-order chi connectivity index (χ1) is 6.83. The number of carbonyl (C=O) groups is 2. The van der Waals surface area contributed by atoms with Gasteiger partial charge in [-0.2, -0.15) is 0 Å². The van der Waals surface area contributed by atoms with Crippen LogP contribution in [0.1, 0.15) is 26.2 Å². The second-order valence-corrected chi connectivity index (χ2v) is 3.68. The van der Waals surface area contributed by atoms with Crippen molar-refractivity contribution in [1.82, 2.24) is 0 Å². The van der Waals surface area contributed by atoms with Crippen molar-refractivity contribution >= 4 is 11.9 Å². The Morgan fingerprint density at radius 1 is 1.40 bits per heavy atom. The van der Waals surface area contributed by atoms with Crippen molar-refractivity contribution in [3.05, 3.63) is 0 Å². The van der Waals surface area contributed by atoms with Crippen molar-refractivity contribution < 1.29 is 28.2 Å². The Balaban J connectivity index is 2.66. The number of carbonyl (C=O) groups excluding carboxylic acids is 1. The maximum atomic E-state index is 13.3. The van der Waals surface area contributed by atoms with E-state index in [9.17, 15) is 18.4 Å². The number of aliphatic carboxylic acids is 1. The van der Waals surface area contributed by atoms with Gasteiger partial charge in [-0.1, -0.05) is 0 Å². The lowest BCUT2D eigenvalue weighted by atomic mass is 9.84. The van der Waals surface area contributed by atoms with Gasteiger partial charge in [0.25, 0.3) is 5.92 Å². The fraction of sp³-hybridized carbons (Fsp3) is 0.778. The lowest BCUT2D eigenvalue weighted by Crippen LogP contribution is -2.44. The van der Waals surface area contributed by atoms with Crippen molar-refractivity contribution in [3.63, 3.8) is 0 Å². The van der Waals surface area contributed by atoms with E-state index in [0.29, 0.717) is 0 Å². The SMILES string of the molecule is CC(=O)O[C@H]1CC[C@@H](C(=O)O)CC1(F)F. The van der Waals surface area contributed by atoms with E-state index in [1.165, 1.54) is 0 Å². The van der Waals surface area contributed by atoms with Crippen LogP contribution in [0.15, 0.2) is 0 Å². The second-order valence-electron chi connectivity index (χ2n) is 3.68. The number of hydrogen-bond donors (Lipinski definition) is 1. The summed E-state index contributed by atoms with van der Waals surface area (Å²) in [6, 6.07) is 0. The maximum Gasteiger partial charge on any atom is 0.306 e. The summed E-state index contributed by atoms with van der Waals surface area (Å²) in [6.07, 6.45) is -2.24. The maximum absolute atomic E-state index is 13.3. The third-order valence-corrected chi connectivity index (χ3v) is 2.42. The minimum Gasteiger partial charge on any atom is -0.481 e. The Morgan fingerprint density at radius 3 is 2.40 bits per heavy atom. The minimum absolute atomic E-state index is 0.108. The second kappa shape index (κ2) is 4.12. The van der Waals surface area contributed by atoms with Crippen LogP contribution in [0.25, 0.3) is 0 Å². The summed E-state index contributed by atoms with van der Waals surface area (Å²) in [4.78, 5) is 21.1. The van der Waals surface area contributed by atoms with E-state index in [4.69, 9.17) is 5.11 Å². The van der Waals surface area contributed by atoms with Gasteiger partial charge in [-0.15, -0.1) is 0 Å². The largest absolute Gasteiger partial charge is 0.481 e. The molecule has 1 N–H and O–H groups in total. The van der Waals surface area contributed by atoms with Gasteiger partial charge >= 0.3 is 11.9 Å². The van der Waals surface area contributed by atoms with E-state index in [2.05, 4.69) is 4.74 Å². The predicted molar refractivity (Wildman–Crippen MR) is 45.5 cm³/mol. The molecular formula is C9H12F2O4. The molecule has 0 radical (unpaired) electrons. The van der Waals surface area contributed by atoms with Gasteiger partial charge in [0, 0.05) is 13.3 Å². The third kappa shape index (κ3) is 2.87. The highest BCUT2D eigenvalue weighted by molar-refractivity contribution is 5.70. The topological polar surface area (TPSA) is 63.6 Å². The van der Waals surface area contributed by atoms with Crippen LogP contribution in [0.5, 0.6) is 0 Å². The number of alkyl halides is 2. The monoisotopic (exact) mass is 222 g/mol. The highest BCUT2D eigenvalue weighted by atomic mass is 19.3. The van der Waals surface area contributed by atoms with Gasteiger partial charge in [0.05, 0.1) is 5.92 Å². The third-order valence-electron chi connectivity index (χ3n) is 2.42. The molecule has 0 aliphatic heterocycles. The molecule has 0 unspecified atom stereocenters. The zero-order chi connectivity index (χ0) is 11.6. The van der Waals surface area contributed by atoms with Gasteiger partial charge in [-0.25, -0.2) is 8.78 Å². The van der Waals surface area contributed by atoms with E-state index in [-0.39, 0.29) is 12.8 Å². The Kier molecular flexibility index (Phi) is 3.26. The zero-order valence-corrected chi connectivity index (χ0v) is 8.20. The lowest BCUT2D eigenvalue weighted by molar-refractivity contribution is -0.188. The molecule has 86 valence electrons. The Hall–Kier alpha value is -1.20. The van der Waals surface area contributed by atoms with Crippen LogP contribution in [-0.4, -0.2) is 29.1 Å². The number of halogens is 2. The molecule has 0 saturated heterocycles. The molecule has 4 nitrogen and oxygen atoms in total. The van der Waals surface area contributed by atoms with Crippen molar-refractivity contribution in [2.45, 2.75) is 38.2 Å². The van der Waals surface area contributed by atoms with Gasteiger partial charge in [0.15, 0.2) is 6.10 Å². The van der Waals surface area contributed by atoms with Crippen LogP contribution in [0.4, 0.5) is 8.78 Å². The van der Waals surface area contributed by atoms with Crippen LogP contribution < -0.4 is 0 Å². The molecular weight excluding hydrogens is 210 g/mol. The molecule has 6 heteroatoms. The number of rotatable bonds is 2. The fourth-order valence-corrected chi connectivity index (χ4v) is 1.68. The smallest absolute Gasteiger partial charge is 0.306 e. The van der Waals surface area contributed by atoms with Crippen LogP contribution in [0.2, 0.25) is 0 Å². The van der Waals surface area contributed by atoms with E-state index in [1.54, 1.807) is 0 Å². The molecule has 15 heavy (non-hydrogen) atoms. The summed E-state index contributed by atoms with van der Waals surface area (Å²) in [7, 11) is 0. The first kappa shape index (κ1) is 11.9. The standard InChI is InChI=1S/C9H12F2O4/c1-5(12)15-7-3-2-6(8(13)14)4-9(7,10)11/h6-7H,2-4H2,1H3,(H,13,14)/t6-,7+/m1/s1. The summed E-state index contributed by atoms with van der Waals surface area (Å²) in [5.41, 5.74) is 0. The first-order valence-corrected chi connectivity index (χ1v) is 4.61. The number of hydrogen-bond acceptors (Lipinski definition) is 3. The van der Waals surface area contributed by atoms with Crippen LogP contribution in [0, 0.1) is 5.92 Å². The van der Waals surface area contributed by atoms with Crippen LogP contribution in [-0.2, 0) is 14.3 Å². The summed E-state index contributed by atoms with van der Waals surface area (Å²) in [5.74, 6) is -6.29. The van der Waals surface area contributed by atoms with E-state index >= 15 is 0 Å². The quantitative estimate of drug-likeness (QED) is 0.718. The number of carboxylic acids is 1. The molecule has 1 fully saturated rings. The van der Waals surface area contributed by atoms with Crippen molar-refractivity contribution in [2.24, 2.45) is 5.92 Å². The van der Waals surface area contributed by atoms with E-state index in [0.717, 1.165) is 6.92 Å². The zero-order valence-electron chi connectivity index (χ0n) is 8.20. The Bertz CT molecular complexity index is 277. The molecule has 0 heterocycles. The predicted octanol–water partition coefficient (Wildman–Crippen LogP) is 1.44. The first-order valence-electron chi connectivity index (χ1n) is 4.61. The fourth-order valence-electron chi connectivity index (χ4n) is 1.68. The summed E-state index contributed by atoms with van der Waals surface area (Å²) < 4.78 is 31.1. The molecule has 0 aromatic rings. The highest BCUT2D eigenvalue weighted by Gasteiger charge is 2.49. The molecule has 0 aromatic carbocycles. The summed E-state index contributed by atoms with van der Waals surface area (Å²) in [5, 5.41) is 8.60. The molecule has 1 aliphatic rings. The van der Waals surface area contributed by atoms with Gasteiger partial charge in [-0.3, -0.25) is 9.59 Å². The van der Waals surface area contributed by atoms with Crippen molar-refractivity contribution in [2.75, 3.05) is 0 Å². The van der Waals surface area contributed by atoms with Crippen molar-refractivity contribution in [3.8, 4) is 0 Å². The summed E-state index contributed by atoms with van der Waals surface area (Å²) in [6.45, 7) is 1.05. The Labute approximate surface area is 85.2 Å². The lowest BCUT2D eigenvalue weighted by Gasteiger charge is -2.33. The number of esters is 1. The Morgan fingerprint density at radius 2 is 2.00 bits per heavy atom. The molecule has 0 bridgehead atoms. The molecule has 2 atom stereocenters. The van der Waals surface area contributed by atoms with Crippen molar-refractivity contribution in [1.29, 1.82) is 0 Å². The molecule has 1 aliphatic carbocycles. The van der Waals surface area contributed by atoms with Crippen LogP contribution >= 0.6 is 0 Å². The molecule has 1 saturated carbocycles. The minimum atomic E-state index is -3.24. The van der Waals surface area contributed by atoms with Gasteiger partial charge in [0.2, 0.25) is 0 Å². The van der Waals surface area contributed by atoms with Gasteiger partial charge in [-0.05, 0) is 12.8 Å². The highest BCUT2D eigenvalue weighted by Crippen LogP contribution is 2.38. The average molecular weight is 222 g/mol. The normalized spacial score (nSPS) is 29.5. The van der Waals surface area contributed by atoms with Crippen LogP contribution in [0.3, 0.4) is 0 Å². The molecule has 0 spiro atoms. The summed E-state index contributed by atoms with van der Waals surface area (Å²) >= 11 is 0. The molecule has 0 aromatic heterocycles. The molecule has 1 rings (SSSR count). The number of carboxylic acid groups (broad SMARTS) is 1. The average Bonchev–Trinajstić information content (AvgIpc) is 2.07.